The van der Waals surface area contributed by atoms with E-state index < -0.39 is 0 Å². The van der Waals surface area contributed by atoms with Crippen molar-refractivity contribution < 1.29 is 0 Å². The van der Waals surface area contributed by atoms with Crippen molar-refractivity contribution in [2.45, 2.75) is 32.6 Å². The second-order valence-corrected chi connectivity index (χ2v) is 5.50. The molecule has 1 saturated carbocycles. The fourth-order valence-electron chi connectivity index (χ4n) is 3.02. The molecule has 1 heterocycles. The maximum Gasteiger partial charge on any atom is 0.0107 e. The van der Waals surface area contributed by atoms with Gasteiger partial charge in [0.25, 0.3) is 0 Å². The number of nitrogens with one attached hydrogen (secondary N) is 1. The highest BCUT2D eigenvalue weighted by Crippen LogP contribution is 2.45. The minimum absolute atomic E-state index is 0.750. The molecule has 1 aliphatic heterocycles. The van der Waals surface area contributed by atoms with Gasteiger partial charge in [-0.15, -0.1) is 0 Å². The molecule has 0 aromatic heterocycles. The van der Waals surface area contributed by atoms with Gasteiger partial charge >= 0.3 is 0 Å². The van der Waals surface area contributed by atoms with Gasteiger partial charge in [0.05, 0.1) is 0 Å². The van der Waals surface area contributed by atoms with Gasteiger partial charge in [-0.25, -0.2) is 0 Å². The van der Waals surface area contributed by atoms with Crippen molar-refractivity contribution in [3.05, 3.63) is 0 Å². The molecule has 2 fully saturated rings. The predicted octanol–water partition coefficient (Wildman–Crippen LogP) is 1.72. The van der Waals surface area contributed by atoms with Gasteiger partial charge in [-0.1, -0.05) is 19.8 Å². The van der Waals surface area contributed by atoms with E-state index in [2.05, 4.69) is 17.1 Å². The van der Waals surface area contributed by atoms with E-state index in [0.29, 0.717) is 0 Å². The molecule has 1 spiro atoms. The van der Waals surface area contributed by atoms with E-state index in [1.54, 1.807) is 0 Å². The van der Waals surface area contributed by atoms with Gasteiger partial charge < -0.3 is 10.2 Å². The summed E-state index contributed by atoms with van der Waals surface area (Å²) in [6.45, 7) is 7.55. The Morgan fingerprint density at radius 2 is 1.93 bits per heavy atom. The summed E-state index contributed by atoms with van der Waals surface area (Å²) in [5.41, 5.74) is 0.750. The molecule has 2 heteroatoms. The summed E-state index contributed by atoms with van der Waals surface area (Å²) < 4.78 is 0. The molecule has 1 saturated heterocycles. The van der Waals surface area contributed by atoms with Crippen LogP contribution in [-0.4, -0.2) is 38.1 Å². The van der Waals surface area contributed by atoms with Gasteiger partial charge in [0, 0.05) is 26.2 Å². The van der Waals surface area contributed by atoms with E-state index in [9.17, 15) is 0 Å². The second kappa shape index (κ2) is 4.19. The van der Waals surface area contributed by atoms with Gasteiger partial charge in [-0.3, -0.25) is 0 Å². The van der Waals surface area contributed by atoms with Crippen LogP contribution in [0.5, 0.6) is 0 Å². The third kappa shape index (κ3) is 2.12. The molecule has 0 bridgehead atoms. The van der Waals surface area contributed by atoms with E-state index in [0.717, 1.165) is 17.9 Å². The molecule has 0 amide bonds. The molecule has 82 valence electrons. The lowest BCUT2D eigenvalue weighted by molar-refractivity contribution is -0.0349. The number of likely N-dealkylation sites (N-methyl/N-ethyl adjacent to an activating group) is 1. The van der Waals surface area contributed by atoms with Crippen molar-refractivity contribution in [3.8, 4) is 0 Å². The van der Waals surface area contributed by atoms with Gasteiger partial charge in [0.2, 0.25) is 0 Å². The molecule has 2 nitrogen and oxygen atoms in total. The van der Waals surface area contributed by atoms with Crippen LogP contribution in [0.1, 0.15) is 32.6 Å². The summed E-state index contributed by atoms with van der Waals surface area (Å²) in [7, 11) is 2.04. The largest absolute Gasteiger partial charge is 0.318 e. The number of hydrogen-bond acceptors (Lipinski definition) is 2. The molecule has 0 atom stereocenters. The predicted molar refractivity (Wildman–Crippen MR) is 60.4 cm³/mol. The molecule has 0 unspecified atom stereocenters. The van der Waals surface area contributed by atoms with Crippen LogP contribution >= 0.6 is 0 Å². The monoisotopic (exact) mass is 196 g/mol. The van der Waals surface area contributed by atoms with Crippen LogP contribution in [0.25, 0.3) is 0 Å². The molecule has 2 rings (SSSR count). The topological polar surface area (TPSA) is 15.3 Å². The highest BCUT2D eigenvalue weighted by atomic mass is 15.2. The lowest BCUT2D eigenvalue weighted by Crippen LogP contribution is -2.58. The highest BCUT2D eigenvalue weighted by molar-refractivity contribution is 4.97. The third-order valence-corrected chi connectivity index (χ3v) is 4.13. The molecular formula is C12H24N2. The first-order valence-electron chi connectivity index (χ1n) is 6.11. The summed E-state index contributed by atoms with van der Waals surface area (Å²) in [5, 5.41) is 3.22. The third-order valence-electron chi connectivity index (χ3n) is 4.13. The van der Waals surface area contributed by atoms with Crippen molar-refractivity contribution in [2.75, 3.05) is 33.2 Å². The van der Waals surface area contributed by atoms with Crippen molar-refractivity contribution in [1.29, 1.82) is 0 Å². The van der Waals surface area contributed by atoms with Crippen LogP contribution in [0, 0.1) is 11.3 Å². The van der Waals surface area contributed by atoms with Gasteiger partial charge in [-0.05, 0) is 31.2 Å². The van der Waals surface area contributed by atoms with Crippen molar-refractivity contribution in [2.24, 2.45) is 11.3 Å². The molecule has 0 aromatic rings. The zero-order valence-corrected chi connectivity index (χ0v) is 9.68. The maximum absolute atomic E-state index is 3.22. The smallest absolute Gasteiger partial charge is 0.0107 e. The molecule has 0 radical (unpaired) electrons. The van der Waals surface area contributed by atoms with Gasteiger partial charge in [0.1, 0.15) is 0 Å². The standard InChI is InChI=1S/C12H24N2/c1-11-3-5-12(6-4-11)9-14(10-12)8-7-13-2/h11,13H,3-10H2,1-2H3. The molecule has 0 aromatic carbocycles. The first-order chi connectivity index (χ1) is 6.74. The molecular weight excluding hydrogens is 172 g/mol. The number of likely N-dealkylation sites (tertiary alicyclic amines) is 1. The van der Waals surface area contributed by atoms with Crippen LogP contribution in [0.15, 0.2) is 0 Å². The average molecular weight is 196 g/mol. The van der Waals surface area contributed by atoms with Crippen molar-refractivity contribution in [1.82, 2.24) is 10.2 Å². The zero-order valence-electron chi connectivity index (χ0n) is 9.68. The van der Waals surface area contributed by atoms with E-state index >= 15 is 0 Å². The van der Waals surface area contributed by atoms with Crippen molar-refractivity contribution in [3.63, 3.8) is 0 Å². The normalized spacial score (nSPS) is 27.9. The first kappa shape index (κ1) is 10.4. The van der Waals surface area contributed by atoms with Gasteiger partial charge in [0.15, 0.2) is 0 Å². The summed E-state index contributed by atoms with van der Waals surface area (Å²) in [5.74, 6) is 0.993. The lowest BCUT2D eigenvalue weighted by atomic mass is 9.66. The van der Waals surface area contributed by atoms with Crippen LogP contribution < -0.4 is 5.32 Å². The van der Waals surface area contributed by atoms with Crippen LogP contribution in [0.4, 0.5) is 0 Å². The van der Waals surface area contributed by atoms with Crippen LogP contribution in [0.3, 0.4) is 0 Å². The molecule has 2 aliphatic rings. The minimum atomic E-state index is 0.750. The van der Waals surface area contributed by atoms with Gasteiger partial charge in [-0.2, -0.15) is 0 Å². The highest BCUT2D eigenvalue weighted by Gasteiger charge is 2.43. The Morgan fingerprint density at radius 1 is 1.29 bits per heavy atom. The summed E-state index contributed by atoms with van der Waals surface area (Å²) >= 11 is 0. The van der Waals surface area contributed by atoms with Crippen LogP contribution in [-0.2, 0) is 0 Å². The first-order valence-corrected chi connectivity index (χ1v) is 6.11. The van der Waals surface area contributed by atoms with E-state index in [1.807, 2.05) is 7.05 Å². The molecule has 14 heavy (non-hydrogen) atoms. The lowest BCUT2D eigenvalue weighted by Gasteiger charge is -2.53. The summed E-state index contributed by atoms with van der Waals surface area (Å²) in [4.78, 5) is 2.60. The second-order valence-electron chi connectivity index (χ2n) is 5.50. The molecule has 1 N–H and O–H groups in total. The Kier molecular flexibility index (Phi) is 3.13. The Balaban J connectivity index is 1.70. The fourth-order valence-corrected chi connectivity index (χ4v) is 3.02. The Labute approximate surface area is 88.1 Å². The number of hydrogen-bond donors (Lipinski definition) is 1. The fraction of sp³-hybridized carbons (Fsp3) is 1.00. The Bertz CT molecular complexity index is 175. The average Bonchev–Trinajstić information content (AvgIpc) is 2.14. The maximum atomic E-state index is 3.22. The van der Waals surface area contributed by atoms with E-state index in [4.69, 9.17) is 0 Å². The summed E-state index contributed by atoms with van der Waals surface area (Å²) in [6, 6.07) is 0. The SMILES string of the molecule is CNCCN1CC2(CCC(C)CC2)C1. The van der Waals surface area contributed by atoms with Crippen LogP contribution in [0.2, 0.25) is 0 Å². The number of nitrogens with zero attached hydrogens (tertiary/aromatic N) is 1. The van der Waals surface area contributed by atoms with E-state index in [-0.39, 0.29) is 0 Å². The molecule has 1 aliphatic carbocycles. The minimum Gasteiger partial charge on any atom is -0.318 e. The Morgan fingerprint density at radius 3 is 2.50 bits per heavy atom. The van der Waals surface area contributed by atoms with E-state index in [1.165, 1.54) is 45.3 Å². The summed E-state index contributed by atoms with van der Waals surface area (Å²) in [6.07, 6.45) is 5.92. The Hall–Kier alpha value is -0.0800. The zero-order chi connectivity index (χ0) is 10.0. The quantitative estimate of drug-likeness (QED) is 0.739. The van der Waals surface area contributed by atoms with Crippen molar-refractivity contribution >= 4 is 0 Å². The number of rotatable bonds is 3.